The second-order valence-electron chi connectivity index (χ2n) is 4.76. The van der Waals surface area contributed by atoms with Crippen LogP contribution in [0.15, 0.2) is 23.4 Å². The topological polar surface area (TPSA) is 71.1 Å². The minimum absolute atomic E-state index is 0.137. The first-order chi connectivity index (χ1) is 8.41. The van der Waals surface area contributed by atoms with E-state index in [0.29, 0.717) is 12.8 Å². The van der Waals surface area contributed by atoms with Crippen molar-refractivity contribution in [2.24, 2.45) is 0 Å². The Kier molecular flexibility index (Phi) is 3.65. The van der Waals surface area contributed by atoms with E-state index in [4.69, 9.17) is 0 Å². The zero-order valence-corrected chi connectivity index (χ0v) is 10.9. The number of hydrogen-bond donors (Lipinski definition) is 2. The van der Waals surface area contributed by atoms with E-state index in [2.05, 4.69) is 15.0 Å². The largest absolute Gasteiger partial charge is 0.317 e. The lowest BCUT2D eigenvalue weighted by Crippen LogP contribution is -2.52. The summed E-state index contributed by atoms with van der Waals surface area (Å²) >= 11 is 0. The molecule has 18 heavy (non-hydrogen) atoms. The molecular weight excluding hydrogens is 257 g/mol. The van der Waals surface area contributed by atoms with Gasteiger partial charge in [-0.25, -0.2) is 17.5 Å². The molecule has 0 aliphatic carbocycles. The molecule has 1 aliphatic rings. The van der Waals surface area contributed by atoms with Crippen LogP contribution in [0.1, 0.15) is 19.8 Å². The molecule has 0 aromatic carbocycles. The van der Waals surface area contributed by atoms with Gasteiger partial charge in [-0.15, -0.1) is 0 Å². The van der Waals surface area contributed by atoms with Crippen LogP contribution in [-0.2, 0) is 10.0 Å². The third kappa shape index (κ3) is 3.04. The van der Waals surface area contributed by atoms with E-state index in [1.807, 2.05) is 6.92 Å². The predicted octanol–water partition coefficient (Wildman–Crippen LogP) is 0.641. The van der Waals surface area contributed by atoms with Crippen molar-refractivity contribution in [3.8, 4) is 0 Å². The third-order valence-electron chi connectivity index (χ3n) is 3.08. The van der Waals surface area contributed by atoms with E-state index in [1.165, 1.54) is 0 Å². The maximum Gasteiger partial charge on any atom is 0.242 e. The van der Waals surface area contributed by atoms with Gasteiger partial charge in [-0.3, -0.25) is 4.98 Å². The molecule has 7 heteroatoms. The number of aromatic nitrogens is 1. The van der Waals surface area contributed by atoms with Crippen LogP contribution in [0.2, 0.25) is 0 Å². The molecule has 1 aromatic heterocycles. The predicted molar refractivity (Wildman–Crippen MR) is 65.0 cm³/mol. The molecule has 1 fully saturated rings. The van der Waals surface area contributed by atoms with Crippen molar-refractivity contribution in [2.75, 3.05) is 13.1 Å². The minimum Gasteiger partial charge on any atom is -0.317 e. The maximum atomic E-state index is 13.0. The molecule has 1 aromatic rings. The van der Waals surface area contributed by atoms with E-state index >= 15 is 0 Å². The Morgan fingerprint density at radius 1 is 1.39 bits per heavy atom. The second kappa shape index (κ2) is 4.91. The smallest absolute Gasteiger partial charge is 0.242 e. The fourth-order valence-corrected chi connectivity index (χ4v) is 3.44. The van der Waals surface area contributed by atoms with Gasteiger partial charge < -0.3 is 5.32 Å². The summed E-state index contributed by atoms with van der Waals surface area (Å²) in [5.74, 6) is -0.659. The summed E-state index contributed by atoms with van der Waals surface area (Å²) in [6.07, 6.45) is 3.53. The number of rotatable bonds is 3. The normalized spacial score (nSPS) is 19.7. The zero-order chi connectivity index (χ0) is 13.2. The van der Waals surface area contributed by atoms with Gasteiger partial charge in [-0.1, -0.05) is 0 Å². The van der Waals surface area contributed by atoms with Crippen molar-refractivity contribution in [2.45, 2.75) is 30.2 Å². The van der Waals surface area contributed by atoms with E-state index in [9.17, 15) is 12.8 Å². The highest BCUT2D eigenvalue weighted by Crippen LogP contribution is 2.21. The van der Waals surface area contributed by atoms with Crippen molar-refractivity contribution in [3.05, 3.63) is 24.3 Å². The van der Waals surface area contributed by atoms with Crippen molar-refractivity contribution in [1.29, 1.82) is 0 Å². The van der Waals surface area contributed by atoms with E-state index < -0.39 is 21.4 Å². The monoisotopic (exact) mass is 273 g/mol. The molecule has 0 spiro atoms. The van der Waals surface area contributed by atoms with Crippen LogP contribution >= 0.6 is 0 Å². The van der Waals surface area contributed by atoms with Gasteiger partial charge >= 0.3 is 0 Å². The highest BCUT2D eigenvalue weighted by atomic mass is 32.2. The number of piperidine rings is 1. The van der Waals surface area contributed by atoms with Gasteiger partial charge in [-0.05, 0) is 38.9 Å². The molecule has 1 aliphatic heterocycles. The van der Waals surface area contributed by atoms with Crippen molar-refractivity contribution in [3.63, 3.8) is 0 Å². The standard InChI is InChI=1S/C11H16FN3O2S/c1-11(2-4-13-5-3-11)15-18(16,17)10-6-9(12)7-14-8-10/h6-8,13,15H,2-5H2,1H3. The summed E-state index contributed by atoms with van der Waals surface area (Å²) < 4.78 is 39.9. The zero-order valence-electron chi connectivity index (χ0n) is 10.1. The minimum atomic E-state index is -3.72. The number of halogens is 1. The molecule has 2 N–H and O–H groups in total. The Morgan fingerprint density at radius 3 is 2.67 bits per heavy atom. The SMILES string of the molecule is CC1(NS(=O)(=O)c2cncc(F)c2)CCNCC1. The number of sulfonamides is 1. The first-order valence-corrected chi connectivity index (χ1v) is 7.25. The van der Waals surface area contributed by atoms with Gasteiger partial charge in [-0.2, -0.15) is 0 Å². The molecule has 1 saturated heterocycles. The van der Waals surface area contributed by atoms with Crippen LogP contribution < -0.4 is 10.0 Å². The Balaban J connectivity index is 2.21. The molecule has 0 unspecified atom stereocenters. The summed E-state index contributed by atoms with van der Waals surface area (Å²) in [6.45, 7) is 3.39. The van der Waals surface area contributed by atoms with Gasteiger partial charge in [0.15, 0.2) is 0 Å². The molecular formula is C11H16FN3O2S. The Labute approximate surface area is 106 Å². The number of nitrogens with zero attached hydrogens (tertiary/aromatic N) is 1. The summed E-state index contributed by atoms with van der Waals surface area (Å²) in [7, 11) is -3.72. The fourth-order valence-electron chi connectivity index (χ4n) is 2.00. The van der Waals surface area contributed by atoms with Crippen molar-refractivity contribution in [1.82, 2.24) is 15.0 Å². The van der Waals surface area contributed by atoms with Crippen LogP contribution in [0.25, 0.3) is 0 Å². The molecule has 2 heterocycles. The van der Waals surface area contributed by atoms with Gasteiger partial charge in [0.25, 0.3) is 0 Å². The molecule has 5 nitrogen and oxygen atoms in total. The van der Waals surface area contributed by atoms with Crippen LogP contribution in [0.4, 0.5) is 4.39 Å². The summed E-state index contributed by atoms with van der Waals surface area (Å²) in [4.78, 5) is 3.42. The lowest BCUT2D eigenvalue weighted by Gasteiger charge is -2.34. The van der Waals surface area contributed by atoms with E-state index in [0.717, 1.165) is 31.5 Å². The van der Waals surface area contributed by atoms with E-state index in [-0.39, 0.29) is 4.90 Å². The maximum absolute atomic E-state index is 13.0. The molecule has 0 bridgehead atoms. The number of hydrogen-bond acceptors (Lipinski definition) is 4. The molecule has 0 saturated carbocycles. The van der Waals surface area contributed by atoms with Crippen LogP contribution in [0.3, 0.4) is 0 Å². The summed E-state index contributed by atoms with van der Waals surface area (Å²) in [5, 5.41) is 3.17. The first-order valence-electron chi connectivity index (χ1n) is 5.77. The quantitative estimate of drug-likeness (QED) is 0.848. The lowest BCUT2D eigenvalue weighted by atomic mass is 9.92. The van der Waals surface area contributed by atoms with Gasteiger partial charge in [0.2, 0.25) is 10.0 Å². The lowest BCUT2D eigenvalue weighted by molar-refractivity contribution is 0.308. The van der Waals surface area contributed by atoms with Crippen molar-refractivity contribution >= 4 is 10.0 Å². The summed E-state index contributed by atoms with van der Waals surface area (Å²) in [5.41, 5.74) is -0.490. The second-order valence-corrected chi connectivity index (χ2v) is 6.44. The fraction of sp³-hybridized carbons (Fsp3) is 0.545. The highest BCUT2D eigenvalue weighted by Gasteiger charge is 2.32. The average Bonchev–Trinajstić information content (AvgIpc) is 2.28. The van der Waals surface area contributed by atoms with E-state index in [1.54, 1.807) is 0 Å². The van der Waals surface area contributed by atoms with Crippen LogP contribution in [0.5, 0.6) is 0 Å². The number of nitrogens with one attached hydrogen (secondary N) is 2. The highest BCUT2D eigenvalue weighted by molar-refractivity contribution is 7.89. The molecule has 2 rings (SSSR count). The molecule has 0 atom stereocenters. The van der Waals surface area contributed by atoms with Crippen LogP contribution in [-0.4, -0.2) is 32.0 Å². The van der Waals surface area contributed by atoms with Crippen LogP contribution in [0, 0.1) is 5.82 Å². The molecule has 100 valence electrons. The van der Waals surface area contributed by atoms with Crippen molar-refractivity contribution < 1.29 is 12.8 Å². The third-order valence-corrected chi connectivity index (χ3v) is 4.68. The van der Waals surface area contributed by atoms with Gasteiger partial charge in [0.1, 0.15) is 10.7 Å². The Morgan fingerprint density at radius 2 is 2.06 bits per heavy atom. The molecule has 0 radical (unpaired) electrons. The van der Waals surface area contributed by atoms with Gasteiger partial charge in [0, 0.05) is 11.7 Å². The Bertz CT molecular complexity index is 527. The van der Waals surface area contributed by atoms with Gasteiger partial charge in [0.05, 0.1) is 6.20 Å². The number of pyridine rings is 1. The average molecular weight is 273 g/mol. The summed E-state index contributed by atoms with van der Waals surface area (Å²) in [6, 6.07) is 0.972. The Hall–Kier alpha value is -1.05. The molecule has 0 amide bonds. The first kappa shape index (κ1) is 13.4.